The molecule has 2 aliphatic heterocycles. The van der Waals surface area contributed by atoms with Gasteiger partial charge >= 0.3 is 0 Å². The maximum Gasteiger partial charge on any atom is 0.231 e. The second-order valence-corrected chi connectivity index (χ2v) is 7.74. The first-order valence-electron chi connectivity index (χ1n) is 9.90. The first-order chi connectivity index (χ1) is 12.3. The zero-order valence-electron chi connectivity index (χ0n) is 15.0. The lowest BCUT2D eigenvalue weighted by atomic mass is 9.94. The predicted octanol–water partition coefficient (Wildman–Crippen LogP) is 2.65. The summed E-state index contributed by atoms with van der Waals surface area (Å²) in [6, 6.07) is 15.3. The van der Waals surface area contributed by atoms with Gasteiger partial charge in [-0.3, -0.25) is 4.79 Å². The predicted molar refractivity (Wildman–Crippen MR) is 102 cm³/mol. The molecule has 0 saturated carbocycles. The van der Waals surface area contributed by atoms with Gasteiger partial charge in [-0.2, -0.15) is 0 Å². The van der Waals surface area contributed by atoms with Gasteiger partial charge in [0, 0.05) is 18.7 Å². The number of fused-ring (bicyclic) bond motifs is 1. The molecule has 0 bridgehead atoms. The number of benzene rings is 2. The number of quaternary nitrogens is 1. The number of carbonyl (C=O) groups is 1. The van der Waals surface area contributed by atoms with Crippen molar-refractivity contribution in [3.63, 3.8) is 0 Å². The van der Waals surface area contributed by atoms with Gasteiger partial charge in [0.15, 0.2) is 0 Å². The molecule has 2 heterocycles. The number of nitrogens with one attached hydrogen (secondary N) is 1. The van der Waals surface area contributed by atoms with Gasteiger partial charge in [-0.25, -0.2) is 0 Å². The van der Waals surface area contributed by atoms with Crippen LogP contribution in [0.3, 0.4) is 0 Å². The Balaban J connectivity index is 1.45. The number of hydrogen-bond acceptors (Lipinski definition) is 1. The van der Waals surface area contributed by atoms with Crippen molar-refractivity contribution in [1.29, 1.82) is 0 Å². The van der Waals surface area contributed by atoms with Crippen LogP contribution in [0.4, 0.5) is 0 Å². The zero-order valence-corrected chi connectivity index (χ0v) is 15.0. The Hall–Kier alpha value is -1.87. The molecular weight excluding hydrogens is 308 g/mol. The average molecular weight is 337 g/mol. The van der Waals surface area contributed by atoms with Crippen LogP contribution in [0.1, 0.15) is 37.7 Å². The van der Waals surface area contributed by atoms with Gasteiger partial charge < -0.3 is 9.80 Å². The van der Waals surface area contributed by atoms with E-state index in [9.17, 15) is 4.79 Å². The van der Waals surface area contributed by atoms with Crippen LogP contribution in [0.25, 0.3) is 10.8 Å². The van der Waals surface area contributed by atoms with Gasteiger partial charge in [0.2, 0.25) is 5.91 Å². The molecule has 3 heteroatoms. The Kier molecular flexibility index (Phi) is 5.02. The number of piperidine rings is 2. The fourth-order valence-corrected chi connectivity index (χ4v) is 4.61. The molecule has 2 aromatic rings. The summed E-state index contributed by atoms with van der Waals surface area (Å²) in [5, 5.41) is 2.68. The van der Waals surface area contributed by atoms with Gasteiger partial charge in [0.25, 0.3) is 0 Å². The van der Waals surface area contributed by atoms with Crippen molar-refractivity contribution in [3.8, 4) is 0 Å². The minimum absolute atomic E-state index is 0.233. The van der Waals surface area contributed by atoms with Gasteiger partial charge in [0.1, 0.15) is 6.54 Å². The van der Waals surface area contributed by atoms with E-state index in [0.717, 1.165) is 32.6 Å². The highest BCUT2D eigenvalue weighted by atomic mass is 16.2. The maximum atomic E-state index is 12.9. The molecule has 1 amide bonds. The Morgan fingerprint density at radius 3 is 2.68 bits per heavy atom. The summed E-state index contributed by atoms with van der Waals surface area (Å²) in [6.45, 7) is 5.18. The maximum absolute atomic E-state index is 12.9. The van der Waals surface area contributed by atoms with Crippen molar-refractivity contribution >= 4 is 16.7 Å². The van der Waals surface area contributed by atoms with Gasteiger partial charge in [0.05, 0.1) is 19.0 Å². The molecule has 3 nitrogen and oxygen atoms in total. The molecule has 1 N–H and O–H groups in total. The van der Waals surface area contributed by atoms with Crippen LogP contribution in [0, 0.1) is 5.92 Å². The largest absolute Gasteiger partial charge is 0.342 e. The van der Waals surface area contributed by atoms with E-state index < -0.39 is 0 Å². The van der Waals surface area contributed by atoms with E-state index in [4.69, 9.17) is 0 Å². The van der Waals surface area contributed by atoms with Gasteiger partial charge in [-0.15, -0.1) is 0 Å². The highest BCUT2D eigenvalue weighted by Crippen LogP contribution is 2.19. The molecule has 0 spiro atoms. The Bertz CT molecular complexity index is 730. The first-order valence-corrected chi connectivity index (χ1v) is 9.90. The summed E-state index contributed by atoms with van der Waals surface area (Å²) in [7, 11) is 0. The van der Waals surface area contributed by atoms with Crippen LogP contribution in [-0.2, 0) is 11.3 Å². The van der Waals surface area contributed by atoms with E-state index in [0.29, 0.717) is 5.91 Å². The van der Waals surface area contributed by atoms with Crippen LogP contribution >= 0.6 is 0 Å². The monoisotopic (exact) mass is 337 g/mol. The Labute approximate surface area is 150 Å². The van der Waals surface area contributed by atoms with Crippen LogP contribution < -0.4 is 4.90 Å². The van der Waals surface area contributed by atoms with E-state index >= 15 is 0 Å². The lowest BCUT2D eigenvalue weighted by molar-refractivity contribution is -0.921. The van der Waals surface area contributed by atoms with Crippen molar-refractivity contribution < 1.29 is 9.69 Å². The summed E-state index contributed by atoms with van der Waals surface area (Å²) in [5.74, 6) is 0.659. The van der Waals surface area contributed by atoms with Gasteiger partial charge in [-0.05, 0) is 42.9 Å². The van der Waals surface area contributed by atoms with Gasteiger partial charge in [-0.1, -0.05) is 42.5 Å². The molecule has 0 aliphatic carbocycles. The second kappa shape index (κ2) is 7.57. The quantitative estimate of drug-likeness (QED) is 0.915. The molecule has 2 unspecified atom stereocenters. The van der Waals surface area contributed by atoms with E-state index in [1.54, 1.807) is 4.90 Å². The summed E-state index contributed by atoms with van der Waals surface area (Å²) >= 11 is 0. The van der Waals surface area contributed by atoms with E-state index in [1.165, 1.54) is 48.6 Å². The number of rotatable bonds is 3. The van der Waals surface area contributed by atoms with Crippen molar-refractivity contribution in [2.45, 2.75) is 38.6 Å². The number of likely N-dealkylation sites (tertiary alicyclic amines) is 2. The minimum atomic E-state index is 0.233. The molecule has 2 aromatic carbocycles. The van der Waals surface area contributed by atoms with Crippen LogP contribution in [0.15, 0.2) is 42.5 Å². The molecule has 0 radical (unpaired) electrons. The van der Waals surface area contributed by atoms with E-state index in [2.05, 4.69) is 47.4 Å². The van der Waals surface area contributed by atoms with Crippen LogP contribution in [0.2, 0.25) is 0 Å². The fraction of sp³-hybridized carbons (Fsp3) is 0.500. The van der Waals surface area contributed by atoms with Crippen molar-refractivity contribution in [2.75, 3.05) is 26.2 Å². The molecule has 132 valence electrons. The molecule has 0 aromatic heterocycles. The van der Waals surface area contributed by atoms with Crippen molar-refractivity contribution in [3.05, 3.63) is 48.0 Å². The minimum Gasteiger partial charge on any atom is -0.342 e. The lowest BCUT2D eigenvalue weighted by Crippen LogP contribution is -3.12. The van der Waals surface area contributed by atoms with Crippen LogP contribution in [-0.4, -0.2) is 37.0 Å². The molecule has 2 fully saturated rings. The average Bonchev–Trinajstić information content (AvgIpc) is 2.69. The fourth-order valence-electron chi connectivity index (χ4n) is 4.61. The first kappa shape index (κ1) is 16.6. The number of carbonyl (C=O) groups excluding carboxylic acids is 1. The molecular formula is C22H29N2O+. The zero-order chi connectivity index (χ0) is 17.1. The van der Waals surface area contributed by atoms with E-state index in [-0.39, 0.29) is 5.92 Å². The summed E-state index contributed by atoms with van der Waals surface area (Å²) in [5.41, 5.74) is 1.42. The molecule has 2 saturated heterocycles. The number of nitrogens with zero attached hydrogens (tertiary/aromatic N) is 1. The SMILES string of the molecule is O=C(C1CCC[NH+](Cc2cccc3ccccc23)C1)N1CCCCC1. The summed E-state index contributed by atoms with van der Waals surface area (Å²) in [6.07, 6.45) is 5.90. The Morgan fingerprint density at radius 1 is 1.00 bits per heavy atom. The number of hydrogen-bond donors (Lipinski definition) is 1. The number of amides is 1. The third-order valence-electron chi connectivity index (χ3n) is 5.96. The molecule has 25 heavy (non-hydrogen) atoms. The molecule has 4 rings (SSSR count). The van der Waals surface area contributed by atoms with Crippen molar-refractivity contribution in [2.24, 2.45) is 5.92 Å². The van der Waals surface area contributed by atoms with Crippen molar-refractivity contribution in [1.82, 2.24) is 4.90 Å². The summed E-state index contributed by atoms with van der Waals surface area (Å²) < 4.78 is 0. The topological polar surface area (TPSA) is 24.8 Å². The highest BCUT2D eigenvalue weighted by molar-refractivity contribution is 5.85. The normalized spacial score (nSPS) is 24.4. The lowest BCUT2D eigenvalue weighted by Gasteiger charge is -2.34. The third kappa shape index (κ3) is 3.72. The third-order valence-corrected chi connectivity index (χ3v) is 5.96. The standard InChI is InChI=1S/C22H28N2O/c25-22(24-14-4-1-5-15-24)20-11-7-13-23(17-20)16-19-10-6-9-18-8-2-3-12-21(18)19/h2-3,6,8-10,12,20H,1,4-5,7,11,13-17H2/p+1. The highest BCUT2D eigenvalue weighted by Gasteiger charge is 2.32. The molecule has 2 atom stereocenters. The van der Waals surface area contributed by atoms with Crippen LogP contribution in [0.5, 0.6) is 0 Å². The summed E-state index contributed by atoms with van der Waals surface area (Å²) in [4.78, 5) is 16.6. The second-order valence-electron chi connectivity index (χ2n) is 7.74. The smallest absolute Gasteiger partial charge is 0.231 e. The van der Waals surface area contributed by atoms with E-state index in [1.807, 2.05) is 0 Å². The Morgan fingerprint density at radius 2 is 1.80 bits per heavy atom. The molecule has 2 aliphatic rings.